The Morgan fingerprint density at radius 3 is 2.71 bits per heavy atom. The number of halogens is 3. The number of imidazole rings is 1. The molecule has 0 atom stereocenters. The van der Waals surface area contributed by atoms with E-state index in [1.165, 1.54) is 6.07 Å². The molecule has 0 amide bonds. The zero-order chi connectivity index (χ0) is 15.5. The minimum atomic E-state index is -4.45. The van der Waals surface area contributed by atoms with E-state index >= 15 is 0 Å². The Kier molecular flexibility index (Phi) is 4.17. The van der Waals surface area contributed by atoms with Crippen molar-refractivity contribution >= 4 is 5.69 Å². The van der Waals surface area contributed by atoms with Crippen LogP contribution < -0.4 is 5.32 Å². The van der Waals surface area contributed by atoms with Crippen molar-refractivity contribution in [3.63, 3.8) is 0 Å². The van der Waals surface area contributed by atoms with Crippen LogP contribution in [0.4, 0.5) is 18.9 Å². The van der Waals surface area contributed by atoms with Crippen LogP contribution in [0.2, 0.25) is 0 Å². The minimum Gasteiger partial charge on any atom is -0.384 e. The fraction of sp³-hybridized carbons (Fsp3) is 0.286. The van der Waals surface area contributed by atoms with E-state index in [0.29, 0.717) is 18.7 Å². The number of aromatic nitrogens is 2. The molecule has 1 N–H and O–H groups in total. The number of rotatable bonds is 4. The molecule has 1 heterocycles. The van der Waals surface area contributed by atoms with Crippen molar-refractivity contribution in [3.8, 4) is 6.07 Å². The second-order valence-electron chi connectivity index (χ2n) is 4.50. The summed E-state index contributed by atoms with van der Waals surface area (Å²) in [5.74, 6) is 0.855. The van der Waals surface area contributed by atoms with Gasteiger partial charge in [-0.1, -0.05) is 0 Å². The van der Waals surface area contributed by atoms with Gasteiger partial charge >= 0.3 is 6.18 Å². The van der Waals surface area contributed by atoms with Crippen LogP contribution in [-0.2, 0) is 19.6 Å². The van der Waals surface area contributed by atoms with Gasteiger partial charge in [0.15, 0.2) is 0 Å². The second-order valence-corrected chi connectivity index (χ2v) is 4.50. The standard InChI is InChI=1S/C14H13F3N4/c1-21-7-6-20-13(21)4-5-19-12-3-2-11(14(15,16)17)8-10(12)9-18/h2-3,6-8,19H,4-5H2,1H3. The molecule has 1 aromatic carbocycles. The molecular formula is C14H13F3N4. The molecule has 0 aliphatic heterocycles. The maximum Gasteiger partial charge on any atom is 0.416 e. The van der Waals surface area contributed by atoms with Crippen molar-refractivity contribution in [2.75, 3.05) is 11.9 Å². The van der Waals surface area contributed by atoms with Crippen molar-refractivity contribution in [2.45, 2.75) is 12.6 Å². The average Bonchev–Trinajstić information content (AvgIpc) is 2.83. The predicted molar refractivity (Wildman–Crippen MR) is 71.6 cm³/mol. The molecular weight excluding hydrogens is 281 g/mol. The number of aryl methyl sites for hydroxylation is 1. The topological polar surface area (TPSA) is 53.6 Å². The van der Waals surface area contributed by atoms with Gasteiger partial charge in [-0.2, -0.15) is 18.4 Å². The molecule has 0 unspecified atom stereocenters. The van der Waals surface area contributed by atoms with E-state index < -0.39 is 11.7 Å². The lowest BCUT2D eigenvalue weighted by Gasteiger charge is -2.11. The third kappa shape index (κ3) is 3.54. The van der Waals surface area contributed by atoms with Gasteiger partial charge in [-0.15, -0.1) is 0 Å². The number of nitrogens with one attached hydrogen (secondary N) is 1. The number of nitriles is 1. The molecule has 0 fully saturated rings. The van der Waals surface area contributed by atoms with Crippen LogP contribution >= 0.6 is 0 Å². The van der Waals surface area contributed by atoms with Gasteiger partial charge in [-0.3, -0.25) is 0 Å². The first-order valence-electron chi connectivity index (χ1n) is 6.23. The molecule has 4 nitrogen and oxygen atoms in total. The van der Waals surface area contributed by atoms with Gasteiger partial charge in [0, 0.05) is 32.4 Å². The summed E-state index contributed by atoms with van der Waals surface area (Å²) < 4.78 is 39.6. The Labute approximate surface area is 119 Å². The smallest absolute Gasteiger partial charge is 0.384 e. The second kappa shape index (κ2) is 5.87. The molecule has 110 valence electrons. The average molecular weight is 294 g/mol. The van der Waals surface area contributed by atoms with Crippen LogP contribution in [0.25, 0.3) is 0 Å². The third-order valence-corrected chi connectivity index (χ3v) is 3.05. The van der Waals surface area contributed by atoms with Crippen LogP contribution in [0, 0.1) is 11.3 Å². The third-order valence-electron chi connectivity index (χ3n) is 3.05. The lowest BCUT2D eigenvalue weighted by atomic mass is 10.1. The number of hydrogen-bond donors (Lipinski definition) is 1. The van der Waals surface area contributed by atoms with E-state index in [-0.39, 0.29) is 5.56 Å². The summed E-state index contributed by atoms with van der Waals surface area (Å²) in [6.45, 7) is 0.477. The van der Waals surface area contributed by atoms with E-state index in [1.807, 2.05) is 17.8 Å². The van der Waals surface area contributed by atoms with E-state index in [2.05, 4.69) is 10.3 Å². The van der Waals surface area contributed by atoms with Gasteiger partial charge in [0.2, 0.25) is 0 Å². The van der Waals surface area contributed by atoms with Crippen LogP contribution in [-0.4, -0.2) is 16.1 Å². The molecule has 21 heavy (non-hydrogen) atoms. The van der Waals surface area contributed by atoms with Crippen molar-refractivity contribution in [1.29, 1.82) is 5.26 Å². The Balaban J connectivity index is 2.07. The van der Waals surface area contributed by atoms with E-state index in [4.69, 9.17) is 5.26 Å². The van der Waals surface area contributed by atoms with E-state index in [9.17, 15) is 13.2 Å². The first-order valence-corrected chi connectivity index (χ1v) is 6.23. The fourth-order valence-electron chi connectivity index (χ4n) is 1.91. The summed E-state index contributed by atoms with van der Waals surface area (Å²) in [5, 5.41) is 11.9. The van der Waals surface area contributed by atoms with Crippen molar-refractivity contribution in [1.82, 2.24) is 9.55 Å². The molecule has 2 rings (SSSR count). The Morgan fingerprint density at radius 1 is 1.38 bits per heavy atom. The monoisotopic (exact) mass is 294 g/mol. The molecule has 0 aliphatic carbocycles. The maximum atomic E-state index is 12.6. The Morgan fingerprint density at radius 2 is 2.14 bits per heavy atom. The highest BCUT2D eigenvalue weighted by Gasteiger charge is 2.31. The molecule has 0 bridgehead atoms. The summed E-state index contributed by atoms with van der Waals surface area (Å²) in [7, 11) is 1.86. The molecule has 0 radical (unpaired) electrons. The lowest BCUT2D eigenvalue weighted by molar-refractivity contribution is -0.137. The predicted octanol–water partition coefficient (Wildman–Crippen LogP) is 2.97. The summed E-state index contributed by atoms with van der Waals surface area (Å²) in [6.07, 6.45) is -0.352. The van der Waals surface area contributed by atoms with Gasteiger partial charge in [-0.05, 0) is 18.2 Å². The minimum absolute atomic E-state index is 0.0235. The van der Waals surface area contributed by atoms with Crippen molar-refractivity contribution < 1.29 is 13.2 Å². The highest BCUT2D eigenvalue weighted by molar-refractivity contribution is 5.59. The molecule has 0 saturated carbocycles. The van der Waals surface area contributed by atoms with Crippen molar-refractivity contribution in [3.05, 3.63) is 47.5 Å². The van der Waals surface area contributed by atoms with E-state index in [1.54, 1.807) is 12.3 Å². The normalized spacial score (nSPS) is 11.2. The number of benzene rings is 1. The van der Waals surface area contributed by atoms with Crippen molar-refractivity contribution in [2.24, 2.45) is 7.05 Å². The summed E-state index contributed by atoms with van der Waals surface area (Å²) >= 11 is 0. The number of alkyl halides is 3. The molecule has 0 spiro atoms. The highest BCUT2D eigenvalue weighted by Crippen LogP contribution is 2.31. The van der Waals surface area contributed by atoms with Crippen LogP contribution in [0.5, 0.6) is 0 Å². The van der Waals surface area contributed by atoms with Crippen LogP contribution in [0.15, 0.2) is 30.6 Å². The van der Waals surface area contributed by atoms with Gasteiger partial charge in [-0.25, -0.2) is 4.98 Å². The fourth-order valence-corrected chi connectivity index (χ4v) is 1.91. The van der Waals surface area contributed by atoms with Gasteiger partial charge in [0.25, 0.3) is 0 Å². The molecule has 1 aromatic heterocycles. The van der Waals surface area contributed by atoms with Gasteiger partial charge < -0.3 is 9.88 Å². The summed E-state index contributed by atoms with van der Waals surface area (Å²) in [6, 6.07) is 4.87. The number of hydrogen-bond acceptors (Lipinski definition) is 3. The highest BCUT2D eigenvalue weighted by atomic mass is 19.4. The Hall–Kier alpha value is -2.49. The quantitative estimate of drug-likeness (QED) is 0.943. The largest absolute Gasteiger partial charge is 0.416 e. The molecule has 0 saturated heterocycles. The SMILES string of the molecule is Cn1ccnc1CCNc1ccc(C(F)(F)F)cc1C#N. The van der Waals surface area contributed by atoms with E-state index in [0.717, 1.165) is 18.0 Å². The maximum absolute atomic E-state index is 12.6. The van der Waals surface area contributed by atoms with Gasteiger partial charge in [0.05, 0.1) is 16.8 Å². The first kappa shape index (κ1) is 14.9. The Bertz CT molecular complexity index is 668. The summed E-state index contributed by atoms with van der Waals surface area (Å²) in [5.41, 5.74) is -0.460. The zero-order valence-electron chi connectivity index (χ0n) is 11.3. The lowest BCUT2D eigenvalue weighted by Crippen LogP contribution is -2.11. The molecule has 7 heteroatoms. The number of anilines is 1. The molecule has 0 aliphatic rings. The van der Waals surface area contributed by atoms with Gasteiger partial charge in [0.1, 0.15) is 11.9 Å². The van der Waals surface area contributed by atoms with Crippen LogP contribution in [0.1, 0.15) is 17.0 Å². The number of nitrogens with zero attached hydrogens (tertiary/aromatic N) is 3. The zero-order valence-corrected chi connectivity index (χ0v) is 11.3. The van der Waals surface area contributed by atoms with Crippen LogP contribution in [0.3, 0.4) is 0 Å². The molecule has 2 aromatic rings. The first-order chi connectivity index (χ1) is 9.91. The summed E-state index contributed by atoms with van der Waals surface area (Å²) in [4.78, 5) is 4.15.